The third-order valence-electron chi connectivity index (χ3n) is 3.77. The average molecular weight is 351 g/mol. The van der Waals surface area contributed by atoms with E-state index in [0.29, 0.717) is 28.5 Å². The fraction of sp³-hybridized carbons (Fsp3) is 0.100. The predicted molar refractivity (Wildman–Crippen MR) is 96.1 cm³/mol. The van der Waals surface area contributed by atoms with Crippen molar-refractivity contribution in [1.82, 2.24) is 4.90 Å². The van der Waals surface area contributed by atoms with Gasteiger partial charge in [-0.1, -0.05) is 17.7 Å². The molecule has 3 rings (SSSR count). The maximum atomic E-state index is 12.5. The van der Waals surface area contributed by atoms with Gasteiger partial charge >= 0.3 is 0 Å². The molecule has 5 heteroatoms. The Balaban J connectivity index is 1.73. The van der Waals surface area contributed by atoms with Crippen LogP contribution in [0, 0.1) is 11.3 Å². The lowest BCUT2D eigenvalue weighted by Crippen LogP contribution is -2.26. The molecule has 2 aromatic carbocycles. The van der Waals surface area contributed by atoms with E-state index in [1.807, 2.05) is 30.3 Å². The number of amides is 1. The van der Waals surface area contributed by atoms with E-state index in [1.165, 1.54) is 0 Å². The molecule has 0 N–H and O–H groups in total. The minimum absolute atomic E-state index is 0.165. The quantitative estimate of drug-likeness (QED) is 0.682. The number of carbonyl (C=O) groups is 1. The van der Waals surface area contributed by atoms with Crippen LogP contribution in [-0.2, 0) is 6.54 Å². The first kappa shape index (κ1) is 16.8. The first-order chi connectivity index (χ1) is 12.1. The van der Waals surface area contributed by atoms with E-state index >= 15 is 0 Å². The van der Waals surface area contributed by atoms with Gasteiger partial charge in [-0.2, -0.15) is 5.26 Å². The van der Waals surface area contributed by atoms with E-state index < -0.39 is 0 Å². The Morgan fingerprint density at radius 1 is 1.16 bits per heavy atom. The summed E-state index contributed by atoms with van der Waals surface area (Å²) in [6.45, 7) is 0.337. The second-order valence-corrected chi connectivity index (χ2v) is 6.06. The number of nitrogens with zero attached hydrogens (tertiary/aromatic N) is 2. The van der Waals surface area contributed by atoms with E-state index in [0.717, 1.165) is 11.3 Å². The van der Waals surface area contributed by atoms with Gasteiger partial charge in [-0.05, 0) is 54.6 Å². The van der Waals surface area contributed by atoms with Crippen molar-refractivity contribution in [2.75, 3.05) is 7.05 Å². The fourth-order valence-corrected chi connectivity index (χ4v) is 2.61. The molecule has 0 aliphatic heterocycles. The van der Waals surface area contributed by atoms with Crippen LogP contribution >= 0.6 is 11.6 Å². The van der Waals surface area contributed by atoms with Gasteiger partial charge < -0.3 is 9.32 Å². The summed E-state index contributed by atoms with van der Waals surface area (Å²) < 4.78 is 5.82. The summed E-state index contributed by atoms with van der Waals surface area (Å²) in [4.78, 5) is 14.0. The van der Waals surface area contributed by atoms with E-state index in [9.17, 15) is 4.79 Å². The zero-order valence-electron chi connectivity index (χ0n) is 13.6. The maximum absolute atomic E-state index is 12.5. The van der Waals surface area contributed by atoms with E-state index in [1.54, 1.807) is 48.3 Å². The van der Waals surface area contributed by atoms with E-state index in [2.05, 4.69) is 0 Å². The Bertz CT molecular complexity index is 939. The van der Waals surface area contributed by atoms with Crippen LogP contribution in [0.15, 0.2) is 65.1 Å². The fourth-order valence-electron chi connectivity index (χ4n) is 2.48. The molecule has 0 atom stereocenters. The van der Waals surface area contributed by atoms with Crippen LogP contribution in [0.3, 0.4) is 0 Å². The summed E-state index contributed by atoms with van der Waals surface area (Å²) in [5.74, 6) is 1.23. The zero-order chi connectivity index (χ0) is 17.8. The van der Waals surface area contributed by atoms with Crippen molar-refractivity contribution < 1.29 is 9.21 Å². The molecule has 0 saturated carbocycles. The Morgan fingerprint density at radius 3 is 2.64 bits per heavy atom. The summed E-state index contributed by atoms with van der Waals surface area (Å²) in [7, 11) is 1.70. The Hall–Kier alpha value is -3.03. The predicted octanol–water partition coefficient (Wildman–Crippen LogP) is 4.74. The lowest BCUT2D eigenvalue weighted by Gasteiger charge is -2.15. The summed E-state index contributed by atoms with van der Waals surface area (Å²) in [6.07, 6.45) is 0. The van der Waals surface area contributed by atoms with Gasteiger partial charge in [0.05, 0.1) is 18.2 Å². The number of rotatable bonds is 4. The minimum atomic E-state index is -0.165. The van der Waals surface area contributed by atoms with E-state index in [4.69, 9.17) is 21.3 Å². The summed E-state index contributed by atoms with van der Waals surface area (Å²) in [5.41, 5.74) is 1.86. The molecule has 0 aliphatic carbocycles. The second-order valence-electron chi connectivity index (χ2n) is 5.63. The molecule has 124 valence electrons. The molecule has 0 spiro atoms. The molecule has 0 radical (unpaired) electrons. The molecule has 0 aliphatic rings. The van der Waals surface area contributed by atoms with Crippen molar-refractivity contribution in [2.45, 2.75) is 6.54 Å². The van der Waals surface area contributed by atoms with Crippen molar-refractivity contribution in [3.05, 3.63) is 82.6 Å². The minimum Gasteiger partial charge on any atom is -0.459 e. The Morgan fingerprint density at radius 2 is 1.92 bits per heavy atom. The molecule has 1 heterocycles. The lowest BCUT2D eigenvalue weighted by molar-refractivity contribution is 0.0775. The number of hydrogen-bond donors (Lipinski definition) is 0. The highest BCUT2D eigenvalue weighted by atomic mass is 35.5. The Labute approximate surface area is 150 Å². The largest absolute Gasteiger partial charge is 0.459 e. The highest BCUT2D eigenvalue weighted by Gasteiger charge is 2.14. The number of nitriles is 1. The van der Waals surface area contributed by atoms with Gasteiger partial charge in [0, 0.05) is 23.2 Å². The van der Waals surface area contributed by atoms with Crippen LogP contribution < -0.4 is 0 Å². The third-order valence-corrected chi connectivity index (χ3v) is 4.02. The number of carbonyl (C=O) groups excluding carboxylic acids is 1. The van der Waals surface area contributed by atoms with Crippen LogP contribution in [0.1, 0.15) is 21.7 Å². The summed E-state index contributed by atoms with van der Waals surface area (Å²) >= 11 is 5.89. The van der Waals surface area contributed by atoms with Crippen molar-refractivity contribution >= 4 is 17.5 Å². The van der Waals surface area contributed by atoms with Gasteiger partial charge in [0.25, 0.3) is 5.91 Å². The van der Waals surface area contributed by atoms with Gasteiger partial charge in [-0.3, -0.25) is 4.79 Å². The third kappa shape index (κ3) is 3.90. The number of hydrogen-bond acceptors (Lipinski definition) is 3. The molecule has 4 nitrogen and oxygen atoms in total. The summed E-state index contributed by atoms with van der Waals surface area (Å²) in [6, 6.07) is 19.8. The van der Waals surface area contributed by atoms with Gasteiger partial charge in [0.15, 0.2) is 0 Å². The smallest absolute Gasteiger partial charge is 0.254 e. The Kier molecular flexibility index (Phi) is 4.87. The van der Waals surface area contributed by atoms with Crippen molar-refractivity contribution in [2.24, 2.45) is 0 Å². The highest BCUT2D eigenvalue weighted by Crippen LogP contribution is 2.24. The standard InChI is InChI=1S/C20H15ClN2O2/c1-23(20(24)16-4-2-3-14(11-16)12-22)13-18-9-10-19(25-18)15-5-7-17(21)8-6-15/h2-11H,13H2,1H3. The van der Waals surface area contributed by atoms with Crippen molar-refractivity contribution in [3.63, 3.8) is 0 Å². The first-order valence-corrected chi connectivity index (χ1v) is 8.05. The zero-order valence-corrected chi connectivity index (χ0v) is 14.3. The molecule has 1 aromatic heterocycles. The van der Waals surface area contributed by atoms with Gasteiger partial charge in [0.1, 0.15) is 11.5 Å². The van der Waals surface area contributed by atoms with Gasteiger partial charge in [-0.15, -0.1) is 0 Å². The van der Waals surface area contributed by atoms with Crippen LogP contribution in [0.2, 0.25) is 5.02 Å². The molecule has 1 amide bonds. The SMILES string of the molecule is CN(Cc1ccc(-c2ccc(Cl)cc2)o1)C(=O)c1cccc(C#N)c1. The van der Waals surface area contributed by atoms with Crippen molar-refractivity contribution in [3.8, 4) is 17.4 Å². The highest BCUT2D eigenvalue weighted by molar-refractivity contribution is 6.30. The van der Waals surface area contributed by atoms with Crippen molar-refractivity contribution in [1.29, 1.82) is 5.26 Å². The van der Waals surface area contributed by atoms with E-state index in [-0.39, 0.29) is 5.91 Å². The molecule has 0 unspecified atom stereocenters. The molecule has 3 aromatic rings. The monoisotopic (exact) mass is 350 g/mol. The molecule has 0 saturated heterocycles. The second kappa shape index (κ2) is 7.25. The molecule has 0 bridgehead atoms. The maximum Gasteiger partial charge on any atom is 0.254 e. The number of halogens is 1. The average Bonchev–Trinajstić information content (AvgIpc) is 3.10. The molecule has 25 heavy (non-hydrogen) atoms. The molecule has 0 fully saturated rings. The summed E-state index contributed by atoms with van der Waals surface area (Å²) in [5, 5.41) is 9.61. The molecular weight excluding hydrogens is 336 g/mol. The molecular formula is C20H15ClN2O2. The van der Waals surface area contributed by atoms with Crippen LogP contribution in [-0.4, -0.2) is 17.9 Å². The van der Waals surface area contributed by atoms with Gasteiger partial charge in [-0.25, -0.2) is 0 Å². The van der Waals surface area contributed by atoms with Crippen LogP contribution in [0.4, 0.5) is 0 Å². The number of furan rings is 1. The van der Waals surface area contributed by atoms with Crippen LogP contribution in [0.25, 0.3) is 11.3 Å². The normalized spacial score (nSPS) is 10.3. The van der Waals surface area contributed by atoms with Gasteiger partial charge in [0.2, 0.25) is 0 Å². The van der Waals surface area contributed by atoms with Crippen LogP contribution in [0.5, 0.6) is 0 Å². The lowest BCUT2D eigenvalue weighted by atomic mass is 10.1. The topological polar surface area (TPSA) is 57.2 Å². The first-order valence-electron chi connectivity index (χ1n) is 7.67. The number of benzene rings is 2.